The number of hydrogen-bond donors (Lipinski definition) is 2. The first-order valence-electron chi connectivity index (χ1n) is 15.5. The van der Waals surface area contributed by atoms with Gasteiger partial charge >= 0.3 is 5.97 Å². The molecule has 0 radical (unpaired) electrons. The number of aliphatic hydroxyl groups is 1. The smallest absolute Gasteiger partial charge is 0.306 e. The Morgan fingerprint density at radius 3 is 2.52 bits per heavy atom. The molecule has 1 N–H and O–H groups in total. The first kappa shape index (κ1) is 32.3. The number of fused-ring (bicyclic) bond motifs is 1. The van der Waals surface area contributed by atoms with E-state index in [1.54, 1.807) is 0 Å². The lowest BCUT2D eigenvalue weighted by atomic mass is 9.79. The van der Waals surface area contributed by atoms with Crippen LogP contribution in [-0.2, 0) is 21.6 Å². The Balaban J connectivity index is 1.43. The summed E-state index contributed by atoms with van der Waals surface area (Å²) in [5, 5.41) is 12.5. The van der Waals surface area contributed by atoms with E-state index < -0.39 is 5.60 Å². The van der Waals surface area contributed by atoms with E-state index in [0.29, 0.717) is 11.4 Å². The number of rotatable bonds is 12. The molecule has 3 aromatic carbocycles. The van der Waals surface area contributed by atoms with Gasteiger partial charge in [0, 0.05) is 15.7 Å². The molecule has 0 bridgehead atoms. The monoisotopic (exact) mass is 627 g/mol. The number of pyridine rings is 1. The summed E-state index contributed by atoms with van der Waals surface area (Å²) in [5.74, 6) is -0.0552. The fourth-order valence-electron chi connectivity index (χ4n) is 6.18. The molecule has 44 heavy (non-hydrogen) atoms. The van der Waals surface area contributed by atoms with Crippen LogP contribution in [-0.4, -0.2) is 27.4 Å². The summed E-state index contributed by atoms with van der Waals surface area (Å²) in [6.07, 6.45) is 7.90. The molecule has 0 aliphatic heterocycles. The molecule has 230 valence electrons. The van der Waals surface area contributed by atoms with Gasteiger partial charge in [0.1, 0.15) is 0 Å². The van der Waals surface area contributed by atoms with Gasteiger partial charge in [0.05, 0.1) is 29.3 Å². The highest BCUT2D eigenvalue weighted by atomic mass is 35.5. The molecule has 5 rings (SSSR count). The number of benzene rings is 3. The van der Waals surface area contributed by atoms with Crippen molar-refractivity contribution in [3.8, 4) is 0 Å². The number of halogens is 1. The third-order valence-electron chi connectivity index (χ3n) is 8.63. The minimum atomic E-state index is -0.933. The molecule has 1 fully saturated rings. The summed E-state index contributed by atoms with van der Waals surface area (Å²) in [6, 6.07) is 26.5. The van der Waals surface area contributed by atoms with Gasteiger partial charge in [-0.2, -0.15) is 12.6 Å². The minimum absolute atomic E-state index is 0.0253. The highest BCUT2D eigenvalue weighted by Gasteiger charge is 2.52. The number of ether oxygens (including phenoxy) is 1. The Morgan fingerprint density at radius 1 is 1.05 bits per heavy atom. The summed E-state index contributed by atoms with van der Waals surface area (Å²) in [4.78, 5) is 17.5. The summed E-state index contributed by atoms with van der Waals surface area (Å²) in [6.45, 7) is 7.44. The van der Waals surface area contributed by atoms with Gasteiger partial charge in [0.15, 0.2) is 0 Å². The van der Waals surface area contributed by atoms with E-state index in [4.69, 9.17) is 34.0 Å². The summed E-state index contributed by atoms with van der Waals surface area (Å²) in [5.41, 5.74) is 4.94. The second-order valence-corrected chi connectivity index (χ2v) is 14.0. The Morgan fingerprint density at radius 2 is 1.80 bits per heavy atom. The topological polar surface area (TPSA) is 59.4 Å². The van der Waals surface area contributed by atoms with Gasteiger partial charge in [-0.15, -0.1) is 0 Å². The maximum atomic E-state index is 12.8. The van der Waals surface area contributed by atoms with E-state index >= 15 is 0 Å². The van der Waals surface area contributed by atoms with Crippen LogP contribution in [0.4, 0.5) is 0 Å². The van der Waals surface area contributed by atoms with Crippen molar-refractivity contribution in [3.63, 3.8) is 0 Å². The maximum Gasteiger partial charge on any atom is 0.306 e. The summed E-state index contributed by atoms with van der Waals surface area (Å²) < 4.78 is 5.55. The van der Waals surface area contributed by atoms with Crippen molar-refractivity contribution in [2.45, 2.75) is 82.7 Å². The van der Waals surface area contributed by atoms with Gasteiger partial charge in [-0.1, -0.05) is 78.3 Å². The van der Waals surface area contributed by atoms with Crippen LogP contribution >= 0.6 is 24.2 Å². The zero-order valence-electron chi connectivity index (χ0n) is 26.0. The Labute approximate surface area is 271 Å². The van der Waals surface area contributed by atoms with Gasteiger partial charge < -0.3 is 9.84 Å². The Hall–Kier alpha value is -3.12. The van der Waals surface area contributed by atoms with Crippen molar-refractivity contribution in [1.82, 2.24) is 4.98 Å². The molecule has 6 heteroatoms. The lowest BCUT2D eigenvalue weighted by molar-refractivity contribution is -0.148. The third-order valence-corrected chi connectivity index (χ3v) is 9.77. The van der Waals surface area contributed by atoms with Gasteiger partial charge in [0.25, 0.3) is 0 Å². The molecule has 1 heterocycles. The second-order valence-electron chi connectivity index (χ2n) is 13.0. The molecule has 1 aliphatic carbocycles. The number of esters is 1. The highest BCUT2D eigenvalue weighted by Crippen LogP contribution is 2.58. The predicted octanol–water partition coefficient (Wildman–Crippen LogP) is 9.42. The van der Waals surface area contributed by atoms with Crippen LogP contribution in [0, 0.1) is 5.41 Å². The van der Waals surface area contributed by atoms with Gasteiger partial charge in [0.2, 0.25) is 0 Å². The fourth-order valence-corrected chi connectivity index (χ4v) is 7.02. The van der Waals surface area contributed by atoms with Crippen molar-refractivity contribution in [1.29, 1.82) is 0 Å². The quantitative estimate of drug-likeness (QED) is 0.121. The predicted molar refractivity (Wildman–Crippen MR) is 185 cm³/mol. The number of aryl methyl sites for hydroxylation is 1. The summed E-state index contributed by atoms with van der Waals surface area (Å²) in [7, 11) is 0. The van der Waals surface area contributed by atoms with Crippen molar-refractivity contribution < 1.29 is 14.6 Å². The Bertz CT molecular complexity index is 1650. The number of nitrogens with zero attached hydrogens (tertiary/aromatic N) is 1. The van der Waals surface area contributed by atoms with E-state index in [2.05, 4.69) is 42.5 Å². The maximum absolute atomic E-state index is 12.8. The van der Waals surface area contributed by atoms with Crippen molar-refractivity contribution in [2.75, 3.05) is 0 Å². The van der Waals surface area contributed by atoms with Crippen molar-refractivity contribution in [2.24, 2.45) is 5.41 Å². The second kappa shape index (κ2) is 13.5. The Kier molecular flexibility index (Phi) is 9.89. The van der Waals surface area contributed by atoms with Crippen LogP contribution in [0.5, 0.6) is 0 Å². The fraction of sp³-hybridized carbons (Fsp3) is 0.368. The minimum Gasteiger partial charge on any atom is -0.463 e. The normalized spacial score (nSPS) is 15.9. The SMILES string of the molecule is CC(C)OC(=O)CC1(C(S)C(CCc2ccccc2C(C)(C)O)c2cccc(C=Cc3ccc4ccc(Cl)cc4n3)c2)CC1. The molecular weight excluding hydrogens is 586 g/mol. The average molecular weight is 628 g/mol. The van der Waals surface area contributed by atoms with Gasteiger partial charge in [-0.25, -0.2) is 4.98 Å². The molecule has 1 saturated carbocycles. The van der Waals surface area contributed by atoms with Crippen LogP contribution in [0.25, 0.3) is 23.1 Å². The van der Waals surface area contributed by atoms with Crippen LogP contribution < -0.4 is 0 Å². The number of hydrogen-bond acceptors (Lipinski definition) is 5. The lowest BCUT2D eigenvalue weighted by Crippen LogP contribution is -2.29. The van der Waals surface area contributed by atoms with E-state index in [1.807, 2.05) is 76.2 Å². The largest absolute Gasteiger partial charge is 0.463 e. The van der Waals surface area contributed by atoms with E-state index in [-0.39, 0.29) is 28.7 Å². The van der Waals surface area contributed by atoms with Gasteiger partial charge in [-0.05, 0) is 111 Å². The number of carbonyl (C=O) groups excluding carboxylic acids is 1. The zero-order chi connectivity index (χ0) is 31.5. The number of aromatic nitrogens is 1. The lowest BCUT2D eigenvalue weighted by Gasteiger charge is -2.32. The number of carbonyl (C=O) groups is 1. The molecule has 0 spiro atoms. The average Bonchev–Trinajstić information content (AvgIpc) is 3.75. The molecule has 0 saturated heterocycles. The van der Waals surface area contributed by atoms with Crippen LogP contribution in [0.15, 0.2) is 78.9 Å². The molecule has 2 unspecified atom stereocenters. The van der Waals surface area contributed by atoms with Crippen LogP contribution in [0.3, 0.4) is 0 Å². The standard InChI is InChI=1S/C38H42ClNO3S/c1-25(2)43-35(41)24-38(20-21-38)36(44)32(19-15-27-9-5-6-11-33(27)37(3,4)42)29-10-7-8-26(22-29)12-17-31-18-14-28-13-16-30(39)23-34(28)40-31/h5-14,16-18,22-23,25,32,36,42,44H,15,19-21,24H2,1-4H3. The first-order valence-corrected chi connectivity index (χ1v) is 16.4. The summed E-state index contributed by atoms with van der Waals surface area (Å²) >= 11 is 11.5. The third kappa shape index (κ3) is 7.93. The van der Waals surface area contributed by atoms with E-state index in [1.165, 1.54) is 5.56 Å². The molecular formula is C38H42ClNO3S. The molecule has 0 amide bonds. The number of thiol groups is 1. The molecule has 4 nitrogen and oxygen atoms in total. The molecule has 4 aromatic rings. The van der Waals surface area contributed by atoms with E-state index in [9.17, 15) is 9.90 Å². The molecule has 1 aliphatic rings. The van der Waals surface area contributed by atoms with Crippen LogP contribution in [0.2, 0.25) is 5.02 Å². The van der Waals surface area contributed by atoms with E-state index in [0.717, 1.165) is 59.0 Å². The van der Waals surface area contributed by atoms with Crippen LogP contribution in [0.1, 0.15) is 87.2 Å². The van der Waals surface area contributed by atoms with Crippen molar-refractivity contribution >= 4 is 53.3 Å². The van der Waals surface area contributed by atoms with Crippen molar-refractivity contribution in [3.05, 3.63) is 112 Å². The van der Waals surface area contributed by atoms with Gasteiger partial charge in [-0.3, -0.25) is 4.79 Å². The zero-order valence-corrected chi connectivity index (χ0v) is 27.6. The molecule has 1 aromatic heterocycles. The first-order chi connectivity index (χ1) is 20.9. The highest BCUT2D eigenvalue weighted by molar-refractivity contribution is 7.81. The molecule has 2 atom stereocenters.